The third kappa shape index (κ3) is 5.83. The van der Waals surface area contributed by atoms with Gasteiger partial charge in [-0.1, -0.05) is 0 Å². The zero-order chi connectivity index (χ0) is 36.0. The van der Waals surface area contributed by atoms with Crippen molar-refractivity contribution in [2.75, 3.05) is 0 Å². The molecule has 7 rings (SSSR count). The molecule has 0 N–H and O–H groups in total. The van der Waals surface area contributed by atoms with Crippen molar-refractivity contribution in [3.8, 4) is 22.3 Å². The monoisotopic (exact) mass is 828 g/mol. The summed E-state index contributed by atoms with van der Waals surface area (Å²) in [5, 5.41) is 0. The van der Waals surface area contributed by atoms with E-state index >= 15 is 0 Å². The van der Waals surface area contributed by atoms with E-state index in [-0.39, 0.29) is 16.2 Å². The van der Waals surface area contributed by atoms with Crippen molar-refractivity contribution in [1.29, 1.82) is 0 Å². The Morgan fingerprint density at radius 3 is 1.30 bits per heavy atom. The fraction of sp³-hybridized carbons (Fsp3) is 0.429. The minimum atomic E-state index is -3.22. The van der Waals surface area contributed by atoms with Crippen molar-refractivity contribution in [3.63, 3.8) is 0 Å². The number of fused-ring (bicyclic) bond motifs is 6. The van der Waals surface area contributed by atoms with Crippen LogP contribution in [0.1, 0.15) is 123 Å². The Kier molecular flexibility index (Phi) is 8.86. The van der Waals surface area contributed by atoms with Crippen LogP contribution in [0.5, 0.6) is 0 Å². The molecule has 1 fully saturated rings. The van der Waals surface area contributed by atoms with E-state index in [1.54, 1.807) is 22.3 Å². The summed E-state index contributed by atoms with van der Waals surface area (Å²) in [5.41, 5.74) is 18.5. The first kappa shape index (κ1) is 35.6. The van der Waals surface area contributed by atoms with Crippen molar-refractivity contribution in [2.45, 2.75) is 110 Å². The molecular formula is C49H60Hf. The normalized spacial score (nSPS) is 20.3. The predicted molar refractivity (Wildman–Crippen MR) is 216 cm³/mol. The fourth-order valence-corrected chi connectivity index (χ4v) is 27.4. The first-order valence-electron chi connectivity index (χ1n) is 19.4. The Morgan fingerprint density at radius 2 is 0.940 bits per heavy atom. The first-order valence-corrected chi connectivity index (χ1v) is 30.7. The third-order valence-electron chi connectivity index (χ3n) is 12.3. The Morgan fingerprint density at radius 1 is 0.560 bits per heavy atom. The van der Waals surface area contributed by atoms with Gasteiger partial charge in [-0.3, -0.25) is 0 Å². The average Bonchev–Trinajstić information content (AvgIpc) is 3.64. The maximum absolute atomic E-state index is 3.22. The van der Waals surface area contributed by atoms with Gasteiger partial charge in [-0.05, 0) is 0 Å². The molecule has 2 atom stereocenters. The van der Waals surface area contributed by atoms with Gasteiger partial charge in [-0.25, -0.2) is 0 Å². The molecule has 0 radical (unpaired) electrons. The van der Waals surface area contributed by atoms with E-state index in [1.165, 1.54) is 57.3 Å². The summed E-state index contributed by atoms with van der Waals surface area (Å²) in [6, 6.07) is 33.4. The minimum absolute atomic E-state index is 0.0558. The van der Waals surface area contributed by atoms with Crippen LogP contribution < -0.4 is 0 Å². The van der Waals surface area contributed by atoms with Gasteiger partial charge in [0.2, 0.25) is 0 Å². The van der Waals surface area contributed by atoms with Crippen LogP contribution in [0.15, 0.2) is 96.1 Å². The van der Waals surface area contributed by atoms with Crippen LogP contribution in [-0.4, -0.2) is 0 Å². The van der Waals surface area contributed by atoms with Gasteiger partial charge < -0.3 is 0 Å². The van der Waals surface area contributed by atoms with Crippen LogP contribution in [0.25, 0.3) is 34.4 Å². The Labute approximate surface area is 308 Å². The number of allylic oxidation sites excluding steroid dienone is 2. The molecular weight excluding hydrogens is 767 g/mol. The zero-order valence-electron chi connectivity index (χ0n) is 33.0. The Bertz CT molecular complexity index is 1870. The van der Waals surface area contributed by atoms with Crippen LogP contribution in [0.3, 0.4) is 0 Å². The molecule has 0 amide bonds. The van der Waals surface area contributed by atoms with Crippen molar-refractivity contribution < 1.29 is 20.0 Å². The second-order valence-corrected chi connectivity index (χ2v) is 36.7. The molecule has 3 aliphatic rings. The molecule has 260 valence electrons. The molecule has 1 heterocycles. The van der Waals surface area contributed by atoms with Gasteiger partial charge in [-0.2, -0.15) is 0 Å². The van der Waals surface area contributed by atoms with Crippen molar-refractivity contribution >= 4 is 12.2 Å². The second kappa shape index (κ2) is 12.4. The van der Waals surface area contributed by atoms with Gasteiger partial charge in [-0.15, -0.1) is 0 Å². The van der Waals surface area contributed by atoms with Crippen molar-refractivity contribution in [3.05, 3.63) is 129 Å². The van der Waals surface area contributed by atoms with E-state index in [1.807, 2.05) is 0 Å². The van der Waals surface area contributed by atoms with E-state index in [2.05, 4.69) is 176 Å². The molecule has 0 nitrogen and oxygen atoms in total. The van der Waals surface area contributed by atoms with Crippen LogP contribution in [-0.2, 0) is 30.8 Å². The topological polar surface area (TPSA) is 0 Å². The molecule has 50 heavy (non-hydrogen) atoms. The van der Waals surface area contributed by atoms with E-state index in [9.17, 15) is 0 Å². The summed E-state index contributed by atoms with van der Waals surface area (Å²) < 4.78 is 6.79. The molecule has 2 aliphatic carbocycles. The molecule has 4 aromatic carbocycles. The molecule has 1 aliphatic heterocycles. The van der Waals surface area contributed by atoms with E-state index in [0.29, 0.717) is 19.2 Å². The van der Waals surface area contributed by atoms with Crippen molar-refractivity contribution in [1.82, 2.24) is 0 Å². The van der Waals surface area contributed by atoms with Crippen LogP contribution in [0, 0.1) is 17.3 Å². The molecule has 0 spiro atoms. The second-order valence-electron chi connectivity index (χ2n) is 19.4. The van der Waals surface area contributed by atoms with Gasteiger partial charge in [0, 0.05) is 0 Å². The van der Waals surface area contributed by atoms with Crippen LogP contribution in [0.2, 0.25) is 9.36 Å². The van der Waals surface area contributed by atoms with Gasteiger partial charge in [0.05, 0.1) is 0 Å². The molecule has 1 saturated heterocycles. The van der Waals surface area contributed by atoms with E-state index in [4.69, 9.17) is 0 Å². The molecule has 0 aromatic heterocycles. The number of hydrogen-bond donors (Lipinski definition) is 0. The van der Waals surface area contributed by atoms with E-state index in [0.717, 1.165) is 0 Å². The number of rotatable bonds is 6. The van der Waals surface area contributed by atoms with Crippen LogP contribution >= 0.6 is 0 Å². The Hall–Kier alpha value is -2.77. The maximum atomic E-state index is 2.81. The summed E-state index contributed by atoms with van der Waals surface area (Å²) in [4.78, 5) is 0. The van der Waals surface area contributed by atoms with Gasteiger partial charge >= 0.3 is 311 Å². The van der Waals surface area contributed by atoms with Gasteiger partial charge in [0.1, 0.15) is 0 Å². The van der Waals surface area contributed by atoms with Gasteiger partial charge in [0.25, 0.3) is 0 Å². The standard InChI is InChI=1S/C47H54.2CH3.Hf/c1-31(2)29-47(30-32(3)4,39-25-35-17-13-21-41(43(35)27-39)33-15-11-19-37(23-33)45(5,6)7)40-26-36-18-14-22-42(44(36)28-40)34-16-12-20-38(24-34)46(8,9)10;;;/h11-28,31-32H,29-30H2,1-10H3;2*1H3;. The number of hydrogen-bond acceptors (Lipinski definition) is 0. The predicted octanol–water partition coefficient (Wildman–Crippen LogP) is 14.5. The summed E-state index contributed by atoms with van der Waals surface area (Å²) in [5.74, 6) is 1.21. The quantitative estimate of drug-likeness (QED) is 0.170. The third-order valence-corrected chi connectivity index (χ3v) is 27.5. The summed E-state index contributed by atoms with van der Waals surface area (Å²) in [7, 11) is 0. The molecule has 2 unspecified atom stereocenters. The first-order chi connectivity index (χ1) is 23.4. The molecule has 1 heteroatoms. The average molecular weight is 828 g/mol. The van der Waals surface area contributed by atoms with Crippen LogP contribution in [0.4, 0.5) is 0 Å². The van der Waals surface area contributed by atoms with E-state index < -0.39 is 20.0 Å². The summed E-state index contributed by atoms with van der Waals surface area (Å²) in [6.07, 6.45) is 7.93. The fourth-order valence-electron chi connectivity index (χ4n) is 10.3. The zero-order valence-corrected chi connectivity index (χ0v) is 36.6. The van der Waals surface area contributed by atoms with Crippen molar-refractivity contribution in [2.24, 2.45) is 17.3 Å². The molecule has 0 saturated carbocycles. The Balaban J connectivity index is 1.48. The molecule has 4 aromatic rings. The molecule has 0 bridgehead atoms. The SMILES string of the molecule is CC(C)CC1(CC(C)C)C2=Cc3c(-c4cccc(C(C)(C)C)c4)cccc3[CH]2[Hf]([CH3])([CH3])[CH]2C1=Cc1c(-c3cccc(C(C)(C)C)c3)cccc12. The van der Waals surface area contributed by atoms with Gasteiger partial charge in [0.15, 0.2) is 0 Å². The summed E-state index contributed by atoms with van der Waals surface area (Å²) in [6.45, 7) is 23.9. The number of benzene rings is 4. The summed E-state index contributed by atoms with van der Waals surface area (Å²) >= 11 is -3.22.